The van der Waals surface area contributed by atoms with Crippen LogP contribution in [0.25, 0.3) is 0 Å². The van der Waals surface area contributed by atoms with Crippen molar-refractivity contribution in [3.05, 3.63) is 57.7 Å². The molecule has 0 aliphatic rings. The summed E-state index contributed by atoms with van der Waals surface area (Å²) in [6.07, 6.45) is 0. The maximum Gasteiger partial charge on any atom is 0.335 e. The van der Waals surface area contributed by atoms with Crippen molar-refractivity contribution in [2.24, 2.45) is 0 Å². The van der Waals surface area contributed by atoms with Crippen LogP contribution < -0.4 is 10.1 Å². The molecule has 2 rings (SSSR count). The Morgan fingerprint density at radius 3 is 2.52 bits per heavy atom. The molecule has 108 valence electrons. The van der Waals surface area contributed by atoms with E-state index >= 15 is 0 Å². The zero-order valence-electron chi connectivity index (χ0n) is 10.9. The van der Waals surface area contributed by atoms with Gasteiger partial charge in [-0.25, -0.2) is 4.79 Å². The van der Waals surface area contributed by atoms with Crippen LogP contribution in [0, 0.1) is 3.57 Å². The van der Waals surface area contributed by atoms with Gasteiger partial charge in [0.05, 0.1) is 9.13 Å². The molecule has 0 radical (unpaired) electrons. The molecule has 2 N–H and O–H groups in total. The molecule has 0 heterocycles. The number of rotatable bonds is 5. The Morgan fingerprint density at radius 1 is 1.14 bits per heavy atom. The SMILES string of the molecule is O=C(COc1cc(C(=O)O)ccc1I)Nc1ccccc1. The van der Waals surface area contributed by atoms with Gasteiger partial charge >= 0.3 is 5.97 Å². The number of carboxylic acid groups (broad SMARTS) is 1. The van der Waals surface area contributed by atoms with E-state index in [0.29, 0.717) is 11.4 Å². The minimum Gasteiger partial charge on any atom is -0.483 e. The molecule has 1 amide bonds. The Hall–Kier alpha value is -2.09. The third kappa shape index (κ3) is 4.45. The third-order valence-electron chi connectivity index (χ3n) is 2.59. The van der Waals surface area contributed by atoms with Gasteiger partial charge in [0.2, 0.25) is 0 Å². The molecule has 0 unspecified atom stereocenters. The second-order valence-electron chi connectivity index (χ2n) is 4.15. The van der Waals surface area contributed by atoms with E-state index in [2.05, 4.69) is 5.32 Å². The van der Waals surface area contributed by atoms with Gasteiger partial charge in [0.25, 0.3) is 5.91 Å². The van der Waals surface area contributed by atoms with Crippen molar-refractivity contribution in [3.63, 3.8) is 0 Å². The normalized spacial score (nSPS) is 9.95. The lowest BCUT2D eigenvalue weighted by Crippen LogP contribution is -2.20. The predicted molar refractivity (Wildman–Crippen MR) is 86.7 cm³/mol. The molecule has 0 saturated carbocycles. The zero-order valence-corrected chi connectivity index (χ0v) is 13.0. The average molecular weight is 397 g/mol. The second kappa shape index (κ2) is 7.07. The van der Waals surface area contributed by atoms with E-state index in [1.54, 1.807) is 18.2 Å². The van der Waals surface area contributed by atoms with Crippen LogP contribution in [-0.2, 0) is 4.79 Å². The van der Waals surface area contributed by atoms with Crippen molar-refractivity contribution in [3.8, 4) is 5.75 Å². The van der Waals surface area contributed by atoms with Gasteiger partial charge in [0.15, 0.2) is 6.61 Å². The molecular formula is C15H12INO4. The Labute approximate surface area is 135 Å². The number of ether oxygens (including phenoxy) is 1. The number of para-hydroxylation sites is 1. The smallest absolute Gasteiger partial charge is 0.335 e. The number of anilines is 1. The molecule has 5 nitrogen and oxygen atoms in total. The first-order chi connectivity index (χ1) is 10.1. The quantitative estimate of drug-likeness (QED) is 0.761. The van der Waals surface area contributed by atoms with E-state index in [0.717, 1.165) is 3.57 Å². The van der Waals surface area contributed by atoms with Crippen molar-refractivity contribution in [1.29, 1.82) is 0 Å². The van der Waals surface area contributed by atoms with Crippen molar-refractivity contribution < 1.29 is 19.4 Å². The predicted octanol–water partition coefficient (Wildman–Crippen LogP) is 3.01. The maximum atomic E-state index is 11.8. The van der Waals surface area contributed by atoms with Gasteiger partial charge < -0.3 is 15.2 Å². The van der Waals surface area contributed by atoms with Crippen LogP contribution in [-0.4, -0.2) is 23.6 Å². The number of hydrogen-bond acceptors (Lipinski definition) is 3. The summed E-state index contributed by atoms with van der Waals surface area (Å²) in [6.45, 7) is -0.187. The first-order valence-electron chi connectivity index (χ1n) is 6.07. The number of hydrogen-bond donors (Lipinski definition) is 2. The molecule has 0 bridgehead atoms. The van der Waals surface area contributed by atoms with Gasteiger partial charge in [0.1, 0.15) is 5.75 Å². The molecule has 0 spiro atoms. The van der Waals surface area contributed by atoms with Crippen molar-refractivity contribution >= 4 is 40.2 Å². The molecule has 0 saturated heterocycles. The highest BCUT2D eigenvalue weighted by atomic mass is 127. The largest absolute Gasteiger partial charge is 0.483 e. The molecule has 2 aromatic rings. The number of halogens is 1. The Morgan fingerprint density at radius 2 is 1.86 bits per heavy atom. The fourth-order valence-corrected chi connectivity index (χ4v) is 2.10. The van der Waals surface area contributed by atoms with Crippen molar-refractivity contribution in [1.82, 2.24) is 0 Å². The Kier molecular flexibility index (Phi) is 5.15. The van der Waals surface area contributed by atoms with Crippen LogP contribution in [0.1, 0.15) is 10.4 Å². The number of benzene rings is 2. The Balaban J connectivity index is 1.98. The zero-order chi connectivity index (χ0) is 15.2. The molecule has 0 aromatic heterocycles. The van der Waals surface area contributed by atoms with Gasteiger partial charge in [0, 0.05) is 5.69 Å². The third-order valence-corrected chi connectivity index (χ3v) is 3.49. The van der Waals surface area contributed by atoms with Gasteiger partial charge in [-0.15, -0.1) is 0 Å². The Bertz CT molecular complexity index is 658. The molecule has 0 fully saturated rings. The van der Waals surface area contributed by atoms with Gasteiger partial charge in [-0.3, -0.25) is 4.79 Å². The maximum absolute atomic E-state index is 11.8. The first kappa shape index (κ1) is 15.3. The summed E-state index contributed by atoms with van der Waals surface area (Å²) in [4.78, 5) is 22.7. The summed E-state index contributed by atoms with van der Waals surface area (Å²) in [5.74, 6) is -0.971. The molecule has 0 atom stereocenters. The summed E-state index contributed by atoms with van der Waals surface area (Å²) in [5.41, 5.74) is 0.800. The number of carbonyl (C=O) groups excluding carboxylic acids is 1. The van der Waals surface area contributed by atoms with Crippen molar-refractivity contribution in [2.75, 3.05) is 11.9 Å². The number of carbonyl (C=O) groups is 2. The highest BCUT2D eigenvalue weighted by Crippen LogP contribution is 2.22. The van der Waals surface area contributed by atoms with Crippen LogP contribution in [0.5, 0.6) is 5.75 Å². The fraction of sp³-hybridized carbons (Fsp3) is 0.0667. The lowest BCUT2D eigenvalue weighted by Gasteiger charge is -2.09. The van der Waals surface area contributed by atoms with E-state index in [1.165, 1.54) is 12.1 Å². The van der Waals surface area contributed by atoms with Crippen LogP contribution in [0.4, 0.5) is 5.69 Å². The lowest BCUT2D eigenvalue weighted by molar-refractivity contribution is -0.118. The van der Waals surface area contributed by atoms with Crippen LogP contribution in [0.15, 0.2) is 48.5 Å². The average Bonchev–Trinajstić information content (AvgIpc) is 2.47. The number of carboxylic acids is 1. The first-order valence-corrected chi connectivity index (χ1v) is 7.14. The number of amides is 1. The minimum absolute atomic E-state index is 0.119. The number of aromatic carboxylic acids is 1. The second-order valence-corrected chi connectivity index (χ2v) is 5.32. The molecule has 21 heavy (non-hydrogen) atoms. The number of nitrogens with one attached hydrogen (secondary N) is 1. The van der Waals surface area contributed by atoms with E-state index in [-0.39, 0.29) is 18.1 Å². The molecule has 0 aliphatic heterocycles. The summed E-state index contributed by atoms with van der Waals surface area (Å²) >= 11 is 2.02. The topological polar surface area (TPSA) is 75.6 Å². The van der Waals surface area contributed by atoms with Gasteiger partial charge in [-0.2, -0.15) is 0 Å². The summed E-state index contributed by atoms with van der Waals surface area (Å²) in [7, 11) is 0. The van der Waals surface area contributed by atoms with Crippen molar-refractivity contribution in [2.45, 2.75) is 0 Å². The highest BCUT2D eigenvalue weighted by Gasteiger charge is 2.10. The highest BCUT2D eigenvalue weighted by molar-refractivity contribution is 14.1. The van der Waals surface area contributed by atoms with Gasteiger partial charge in [-0.1, -0.05) is 18.2 Å². The van der Waals surface area contributed by atoms with E-state index in [4.69, 9.17) is 9.84 Å². The van der Waals surface area contributed by atoms with E-state index in [1.807, 2.05) is 40.8 Å². The fourth-order valence-electron chi connectivity index (χ4n) is 1.61. The van der Waals surface area contributed by atoms with E-state index in [9.17, 15) is 9.59 Å². The van der Waals surface area contributed by atoms with Crippen LogP contribution >= 0.6 is 22.6 Å². The molecule has 6 heteroatoms. The summed E-state index contributed by atoms with van der Waals surface area (Å²) in [6, 6.07) is 13.5. The van der Waals surface area contributed by atoms with Crippen LogP contribution in [0.2, 0.25) is 0 Å². The van der Waals surface area contributed by atoms with Gasteiger partial charge in [-0.05, 0) is 52.9 Å². The molecular weight excluding hydrogens is 385 g/mol. The summed E-state index contributed by atoms with van der Waals surface area (Å²) < 4.78 is 6.12. The van der Waals surface area contributed by atoms with Crippen LogP contribution in [0.3, 0.4) is 0 Å². The monoisotopic (exact) mass is 397 g/mol. The summed E-state index contributed by atoms with van der Waals surface area (Å²) in [5, 5.41) is 11.6. The minimum atomic E-state index is -1.04. The standard InChI is InChI=1S/C15H12INO4/c16-12-7-6-10(15(19)20)8-13(12)21-9-14(18)17-11-4-2-1-3-5-11/h1-8H,9H2,(H,17,18)(H,19,20). The molecule has 0 aliphatic carbocycles. The molecule has 2 aromatic carbocycles. The van der Waals surface area contributed by atoms with E-state index < -0.39 is 5.97 Å². The lowest BCUT2D eigenvalue weighted by atomic mass is 10.2.